The van der Waals surface area contributed by atoms with E-state index in [2.05, 4.69) is 24.1 Å². The van der Waals surface area contributed by atoms with Gasteiger partial charge in [-0.05, 0) is 33.2 Å². The molecule has 0 aromatic heterocycles. The molecule has 1 fully saturated rings. The highest BCUT2D eigenvalue weighted by Gasteiger charge is 2.19. The van der Waals surface area contributed by atoms with Gasteiger partial charge in [0.2, 0.25) is 0 Å². The van der Waals surface area contributed by atoms with Gasteiger partial charge in [-0.1, -0.05) is 0 Å². The van der Waals surface area contributed by atoms with Gasteiger partial charge in [-0.15, -0.1) is 0 Å². The maximum absolute atomic E-state index is 5.70. The van der Waals surface area contributed by atoms with Crippen LogP contribution in [0.15, 0.2) is 0 Å². The van der Waals surface area contributed by atoms with E-state index >= 15 is 0 Å². The fourth-order valence-corrected chi connectivity index (χ4v) is 2.37. The van der Waals surface area contributed by atoms with Gasteiger partial charge in [0.05, 0.1) is 12.7 Å². The summed E-state index contributed by atoms with van der Waals surface area (Å²) in [5.41, 5.74) is 0. The molecule has 0 bridgehead atoms. The zero-order valence-corrected chi connectivity index (χ0v) is 11.6. The van der Waals surface area contributed by atoms with Crippen LogP contribution in [-0.4, -0.2) is 63.5 Å². The predicted octanol–water partition coefficient (Wildman–Crippen LogP) is 1.11. The van der Waals surface area contributed by atoms with Gasteiger partial charge in [0, 0.05) is 39.4 Å². The van der Waals surface area contributed by atoms with Crippen LogP contribution < -0.4 is 5.32 Å². The molecule has 2 unspecified atom stereocenters. The molecule has 0 aliphatic carbocycles. The van der Waals surface area contributed by atoms with Gasteiger partial charge in [-0.25, -0.2) is 0 Å². The lowest BCUT2D eigenvalue weighted by Crippen LogP contribution is -2.44. The van der Waals surface area contributed by atoms with Crippen molar-refractivity contribution in [2.45, 2.75) is 38.8 Å². The van der Waals surface area contributed by atoms with Crippen LogP contribution in [0.3, 0.4) is 0 Å². The lowest BCUT2D eigenvalue weighted by molar-refractivity contribution is 0.00607. The molecular formula is C13H28N2O2. The first-order valence-electron chi connectivity index (χ1n) is 6.82. The number of nitrogens with zero attached hydrogens (tertiary/aromatic N) is 1. The third kappa shape index (κ3) is 6.36. The van der Waals surface area contributed by atoms with E-state index in [1.54, 1.807) is 7.11 Å². The quantitative estimate of drug-likeness (QED) is 0.693. The van der Waals surface area contributed by atoms with Gasteiger partial charge in [0.1, 0.15) is 0 Å². The Morgan fingerprint density at radius 3 is 3.00 bits per heavy atom. The molecule has 0 radical (unpaired) electrons. The summed E-state index contributed by atoms with van der Waals surface area (Å²) in [5.74, 6) is 0. The lowest BCUT2D eigenvalue weighted by atomic mass is 10.1. The van der Waals surface area contributed by atoms with E-state index in [1.165, 1.54) is 19.4 Å². The zero-order valence-electron chi connectivity index (χ0n) is 11.6. The molecule has 1 N–H and O–H groups in total. The van der Waals surface area contributed by atoms with Crippen molar-refractivity contribution in [2.75, 3.05) is 46.5 Å². The maximum atomic E-state index is 5.70. The van der Waals surface area contributed by atoms with Crippen LogP contribution in [0.2, 0.25) is 0 Å². The summed E-state index contributed by atoms with van der Waals surface area (Å²) in [7, 11) is 1.75. The number of piperidine rings is 1. The molecule has 1 aliphatic rings. The van der Waals surface area contributed by atoms with Crippen molar-refractivity contribution in [1.29, 1.82) is 0 Å². The van der Waals surface area contributed by atoms with Crippen molar-refractivity contribution in [1.82, 2.24) is 10.2 Å². The van der Waals surface area contributed by atoms with E-state index in [4.69, 9.17) is 9.47 Å². The monoisotopic (exact) mass is 244 g/mol. The van der Waals surface area contributed by atoms with Crippen LogP contribution in [0.4, 0.5) is 0 Å². The number of nitrogens with one attached hydrogen (secondary N) is 1. The van der Waals surface area contributed by atoms with Gasteiger partial charge in [-0.2, -0.15) is 0 Å². The summed E-state index contributed by atoms with van der Waals surface area (Å²) in [6, 6.07) is 0.437. The van der Waals surface area contributed by atoms with Crippen molar-refractivity contribution in [3.05, 3.63) is 0 Å². The highest BCUT2D eigenvalue weighted by atomic mass is 16.5. The Hall–Kier alpha value is -0.160. The van der Waals surface area contributed by atoms with E-state index in [1.807, 2.05) is 0 Å². The molecule has 102 valence electrons. The second-order valence-electron chi connectivity index (χ2n) is 4.83. The Morgan fingerprint density at radius 1 is 1.47 bits per heavy atom. The first-order valence-corrected chi connectivity index (χ1v) is 6.82. The van der Waals surface area contributed by atoms with Crippen LogP contribution in [0, 0.1) is 0 Å². The SMILES string of the molecule is CCOC1CCCN(CCNC(C)COC)C1. The lowest BCUT2D eigenvalue weighted by Gasteiger charge is -2.32. The van der Waals surface area contributed by atoms with Crippen LogP contribution >= 0.6 is 0 Å². The van der Waals surface area contributed by atoms with Crippen molar-refractivity contribution in [3.8, 4) is 0 Å². The minimum Gasteiger partial charge on any atom is -0.383 e. The molecule has 4 nitrogen and oxygen atoms in total. The maximum Gasteiger partial charge on any atom is 0.0702 e. The first kappa shape index (κ1) is 14.9. The Kier molecular flexibility index (Phi) is 7.77. The number of likely N-dealkylation sites (tertiary alicyclic amines) is 1. The van der Waals surface area contributed by atoms with E-state index in [0.29, 0.717) is 12.1 Å². The Labute approximate surface area is 106 Å². The number of rotatable bonds is 8. The molecule has 1 saturated heterocycles. The molecule has 2 atom stereocenters. The molecular weight excluding hydrogens is 216 g/mol. The topological polar surface area (TPSA) is 33.7 Å². The normalized spacial score (nSPS) is 23.8. The second kappa shape index (κ2) is 8.86. The Bertz CT molecular complexity index is 188. The average molecular weight is 244 g/mol. The van der Waals surface area contributed by atoms with Gasteiger partial charge in [-0.3, -0.25) is 4.90 Å². The van der Waals surface area contributed by atoms with E-state index < -0.39 is 0 Å². The third-order valence-corrected chi connectivity index (χ3v) is 3.20. The molecule has 0 aromatic rings. The van der Waals surface area contributed by atoms with Crippen molar-refractivity contribution in [3.63, 3.8) is 0 Å². The summed E-state index contributed by atoms with van der Waals surface area (Å²) in [6.45, 7) is 10.3. The number of methoxy groups -OCH3 is 1. The van der Waals surface area contributed by atoms with Crippen LogP contribution in [-0.2, 0) is 9.47 Å². The predicted molar refractivity (Wildman–Crippen MR) is 70.4 cm³/mol. The second-order valence-corrected chi connectivity index (χ2v) is 4.83. The summed E-state index contributed by atoms with van der Waals surface area (Å²) in [5, 5.41) is 3.47. The molecule has 1 aliphatic heterocycles. The molecule has 0 amide bonds. The summed E-state index contributed by atoms with van der Waals surface area (Å²) in [4.78, 5) is 2.50. The highest BCUT2D eigenvalue weighted by molar-refractivity contribution is 4.74. The number of ether oxygens (including phenoxy) is 2. The highest BCUT2D eigenvalue weighted by Crippen LogP contribution is 2.12. The zero-order chi connectivity index (χ0) is 12.5. The standard InChI is InChI=1S/C13H28N2O2/c1-4-17-13-6-5-8-15(10-13)9-7-14-12(2)11-16-3/h12-14H,4-11H2,1-3H3. The average Bonchev–Trinajstić information content (AvgIpc) is 2.30. The van der Waals surface area contributed by atoms with E-state index in [0.717, 1.165) is 32.8 Å². The fourth-order valence-electron chi connectivity index (χ4n) is 2.37. The first-order chi connectivity index (χ1) is 8.26. The van der Waals surface area contributed by atoms with Gasteiger partial charge >= 0.3 is 0 Å². The molecule has 4 heteroatoms. The van der Waals surface area contributed by atoms with Crippen molar-refractivity contribution in [2.24, 2.45) is 0 Å². The molecule has 0 saturated carbocycles. The molecule has 17 heavy (non-hydrogen) atoms. The fraction of sp³-hybridized carbons (Fsp3) is 1.00. The number of hydrogen-bond acceptors (Lipinski definition) is 4. The molecule has 1 rings (SSSR count). The largest absolute Gasteiger partial charge is 0.383 e. The van der Waals surface area contributed by atoms with Crippen molar-refractivity contribution >= 4 is 0 Å². The van der Waals surface area contributed by atoms with Gasteiger partial charge < -0.3 is 14.8 Å². The Morgan fingerprint density at radius 2 is 2.29 bits per heavy atom. The molecule has 1 heterocycles. The van der Waals surface area contributed by atoms with E-state index in [-0.39, 0.29) is 0 Å². The van der Waals surface area contributed by atoms with E-state index in [9.17, 15) is 0 Å². The van der Waals surface area contributed by atoms with Crippen LogP contribution in [0.25, 0.3) is 0 Å². The Balaban J connectivity index is 2.09. The third-order valence-electron chi connectivity index (χ3n) is 3.20. The molecule has 0 spiro atoms. The van der Waals surface area contributed by atoms with Crippen molar-refractivity contribution < 1.29 is 9.47 Å². The summed E-state index contributed by atoms with van der Waals surface area (Å²) >= 11 is 0. The minimum atomic E-state index is 0.437. The summed E-state index contributed by atoms with van der Waals surface area (Å²) in [6.07, 6.45) is 2.93. The van der Waals surface area contributed by atoms with Crippen LogP contribution in [0.5, 0.6) is 0 Å². The van der Waals surface area contributed by atoms with Gasteiger partial charge in [0.25, 0.3) is 0 Å². The van der Waals surface area contributed by atoms with Gasteiger partial charge in [0.15, 0.2) is 0 Å². The van der Waals surface area contributed by atoms with Crippen LogP contribution in [0.1, 0.15) is 26.7 Å². The number of hydrogen-bond donors (Lipinski definition) is 1. The minimum absolute atomic E-state index is 0.437. The smallest absolute Gasteiger partial charge is 0.0702 e. The molecule has 0 aromatic carbocycles. The summed E-state index contributed by atoms with van der Waals surface area (Å²) < 4.78 is 10.8.